The van der Waals surface area contributed by atoms with Crippen LogP contribution >= 0.6 is 11.6 Å². The molecule has 1 aromatic heterocycles. The number of carbonyl (C=O) groups excluding carboxylic acids is 2. The van der Waals surface area contributed by atoms with Gasteiger partial charge in [-0.05, 0) is 73.0 Å². The molecule has 180 valence electrons. The van der Waals surface area contributed by atoms with E-state index in [4.69, 9.17) is 11.6 Å². The fourth-order valence-electron chi connectivity index (χ4n) is 4.77. The highest BCUT2D eigenvalue weighted by Crippen LogP contribution is 2.40. The molecule has 3 heterocycles. The van der Waals surface area contributed by atoms with Gasteiger partial charge in [-0.15, -0.1) is 0 Å². The van der Waals surface area contributed by atoms with Crippen LogP contribution in [-0.2, 0) is 16.0 Å². The first-order valence-electron chi connectivity index (χ1n) is 11.8. The summed E-state index contributed by atoms with van der Waals surface area (Å²) in [5.41, 5.74) is 4.48. The van der Waals surface area contributed by atoms with Crippen molar-refractivity contribution in [1.82, 2.24) is 15.2 Å². The van der Waals surface area contributed by atoms with Gasteiger partial charge in [-0.25, -0.2) is 4.39 Å². The van der Waals surface area contributed by atoms with Gasteiger partial charge in [0.15, 0.2) is 0 Å². The molecular weight excluding hydrogens is 467 g/mol. The number of amides is 2. The van der Waals surface area contributed by atoms with Crippen LogP contribution in [-0.4, -0.2) is 47.9 Å². The van der Waals surface area contributed by atoms with Crippen LogP contribution < -0.4 is 10.6 Å². The molecule has 1 saturated heterocycles. The lowest BCUT2D eigenvalue weighted by atomic mass is 9.94. The number of aromatic nitrogens is 1. The van der Waals surface area contributed by atoms with Crippen molar-refractivity contribution >= 4 is 40.8 Å². The molecule has 0 radical (unpaired) electrons. The third-order valence-electron chi connectivity index (χ3n) is 6.45. The van der Waals surface area contributed by atoms with Crippen LogP contribution in [0.15, 0.2) is 48.5 Å². The molecule has 2 amide bonds. The normalized spacial score (nSPS) is 16.5. The minimum atomic E-state index is -0.350. The van der Waals surface area contributed by atoms with E-state index in [0.717, 1.165) is 25.2 Å². The van der Waals surface area contributed by atoms with Gasteiger partial charge in [0.05, 0.1) is 12.0 Å². The largest absolute Gasteiger partial charge is 0.355 e. The van der Waals surface area contributed by atoms with E-state index in [1.54, 1.807) is 18.2 Å². The van der Waals surface area contributed by atoms with E-state index in [-0.39, 0.29) is 24.1 Å². The van der Waals surface area contributed by atoms with Crippen molar-refractivity contribution in [2.75, 3.05) is 31.5 Å². The predicted octanol–water partition coefficient (Wildman–Crippen LogP) is 4.72. The Balaban J connectivity index is 1.40. The van der Waals surface area contributed by atoms with Gasteiger partial charge in [-0.1, -0.05) is 35.9 Å². The van der Waals surface area contributed by atoms with Crippen LogP contribution in [0.1, 0.15) is 29.7 Å². The molecule has 1 fully saturated rings. The lowest BCUT2D eigenvalue weighted by molar-refractivity contribution is -0.120. The number of fused-ring (bicyclic) bond motifs is 1. The van der Waals surface area contributed by atoms with Gasteiger partial charge < -0.3 is 20.5 Å². The number of aromatic amines is 1. The van der Waals surface area contributed by atoms with Crippen molar-refractivity contribution < 1.29 is 14.0 Å². The Morgan fingerprint density at radius 1 is 1.14 bits per heavy atom. The van der Waals surface area contributed by atoms with Crippen molar-refractivity contribution in [3.8, 4) is 11.1 Å². The molecular formula is C27H26ClFN4O2. The molecule has 3 aromatic rings. The van der Waals surface area contributed by atoms with E-state index < -0.39 is 0 Å². The fraction of sp³-hybridized carbons (Fsp3) is 0.259. The first-order chi connectivity index (χ1) is 17.0. The number of likely N-dealkylation sites (tertiary alicyclic amines) is 1. The number of H-pyrrole nitrogens is 1. The summed E-state index contributed by atoms with van der Waals surface area (Å²) in [5.74, 6) is -0.719. The number of nitrogens with one attached hydrogen (secondary N) is 3. The van der Waals surface area contributed by atoms with Crippen molar-refractivity contribution in [1.29, 1.82) is 0 Å². The number of anilines is 1. The number of hydrogen-bond donors (Lipinski definition) is 3. The minimum Gasteiger partial charge on any atom is -0.355 e. The standard InChI is InChI=1S/C27H26ClFN4O2/c28-24-14-18(15-25(34)30-9-12-33-10-1-2-11-33)23(31-24)16-21-26-20(17-5-3-6-19(29)13-17)7-4-8-22(26)32-27(21)35/h3-8,13-14,16,31H,1-2,9-12,15H2,(H,30,34)(H,32,35)/b21-16-. The molecule has 3 N–H and O–H groups in total. The van der Waals surface area contributed by atoms with Gasteiger partial charge >= 0.3 is 0 Å². The van der Waals surface area contributed by atoms with E-state index in [9.17, 15) is 14.0 Å². The molecule has 5 rings (SSSR count). The summed E-state index contributed by atoms with van der Waals surface area (Å²) < 4.78 is 13.9. The zero-order valence-electron chi connectivity index (χ0n) is 19.2. The van der Waals surface area contributed by atoms with Crippen molar-refractivity contribution in [3.63, 3.8) is 0 Å². The topological polar surface area (TPSA) is 77.2 Å². The van der Waals surface area contributed by atoms with Crippen molar-refractivity contribution in [2.45, 2.75) is 19.3 Å². The molecule has 35 heavy (non-hydrogen) atoms. The third kappa shape index (κ3) is 5.16. The van der Waals surface area contributed by atoms with Crippen molar-refractivity contribution in [2.24, 2.45) is 0 Å². The number of hydrogen-bond acceptors (Lipinski definition) is 3. The average Bonchev–Trinajstić information content (AvgIpc) is 3.54. The molecule has 0 unspecified atom stereocenters. The van der Waals surface area contributed by atoms with Gasteiger partial charge in [0.2, 0.25) is 5.91 Å². The zero-order valence-corrected chi connectivity index (χ0v) is 19.9. The lowest BCUT2D eigenvalue weighted by Gasteiger charge is -2.14. The fourth-order valence-corrected chi connectivity index (χ4v) is 5.01. The second-order valence-electron chi connectivity index (χ2n) is 8.88. The minimum absolute atomic E-state index is 0.101. The van der Waals surface area contributed by atoms with Gasteiger partial charge in [0.25, 0.3) is 5.91 Å². The maximum absolute atomic E-state index is 13.9. The van der Waals surface area contributed by atoms with Gasteiger partial charge in [-0.3, -0.25) is 9.59 Å². The summed E-state index contributed by atoms with van der Waals surface area (Å²) in [5, 5.41) is 6.24. The van der Waals surface area contributed by atoms with Crippen LogP contribution in [0.25, 0.3) is 22.8 Å². The number of halogens is 2. The average molecular weight is 493 g/mol. The van der Waals surface area contributed by atoms with Gasteiger partial charge in [-0.2, -0.15) is 0 Å². The van der Waals surface area contributed by atoms with E-state index in [1.165, 1.54) is 25.0 Å². The van der Waals surface area contributed by atoms with Crippen LogP contribution in [0.4, 0.5) is 10.1 Å². The highest BCUT2D eigenvalue weighted by atomic mass is 35.5. The lowest BCUT2D eigenvalue weighted by Crippen LogP contribution is -2.34. The number of benzene rings is 2. The monoisotopic (exact) mass is 492 g/mol. The molecule has 0 atom stereocenters. The molecule has 2 aromatic carbocycles. The van der Waals surface area contributed by atoms with E-state index >= 15 is 0 Å². The first-order valence-corrected chi connectivity index (χ1v) is 12.1. The molecule has 0 bridgehead atoms. The maximum Gasteiger partial charge on any atom is 0.256 e. The third-order valence-corrected chi connectivity index (χ3v) is 6.66. The summed E-state index contributed by atoms with van der Waals surface area (Å²) in [4.78, 5) is 30.9. The molecule has 2 aliphatic heterocycles. The number of nitrogens with zero attached hydrogens (tertiary/aromatic N) is 1. The number of carbonyl (C=O) groups is 2. The summed E-state index contributed by atoms with van der Waals surface area (Å²) in [6, 6.07) is 13.5. The summed E-state index contributed by atoms with van der Waals surface area (Å²) in [6.45, 7) is 3.61. The Bertz CT molecular complexity index is 1310. The van der Waals surface area contributed by atoms with Crippen LogP contribution in [0.2, 0.25) is 5.15 Å². The molecule has 0 spiro atoms. The second-order valence-corrected chi connectivity index (χ2v) is 9.29. The van der Waals surface area contributed by atoms with E-state index in [0.29, 0.717) is 45.3 Å². The molecule has 0 aliphatic carbocycles. The van der Waals surface area contributed by atoms with Crippen LogP contribution in [0, 0.1) is 5.82 Å². The molecule has 8 heteroatoms. The van der Waals surface area contributed by atoms with E-state index in [1.807, 2.05) is 24.3 Å². The predicted molar refractivity (Wildman–Crippen MR) is 137 cm³/mol. The van der Waals surface area contributed by atoms with Gasteiger partial charge in [0.1, 0.15) is 11.0 Å². The smallest absolute Gasteiger partial charge is 0.256 e. The summed E-state index contributed by atoms with van der Waals surface area (Å²) in [7, 11) is 0. The number of rotatable bonds is 7. The molecule has 6 nitrogen and oxygen atoms in total. The van der Waals surface area contributed by atoms with E-state index in [2.05, 4.69) is 20.5 Å². The Morgan fingerprint density at radius 2 is 1.94 bits per heavy atom. The van der Waals surface area contributed by atoms with Crippen LogP contribution in [0.3, 0.4) is 0 Å². The SMILES string of the molecule is O=C(Cc1cc(Cl)[nH]c1/C=C1\C(=O)Nc2cccc(-c3cccc(F)c3)c21)NCCN1CCCC1. The van der Waals surface area contributed by atoms with Crippen molar-refractivity contribution in [3.05, 3.63) is 76.3 Å². The Hall–Kier alpha value is -3.42. The quantitative estimate of drug-likeness (QED) is 0.418. The van der Waals surface area contributed by atoms with Gasteiger partial charge in [0, 0.05) is 30.0 Å². The highest BCUT2D eigenvalue weighted by molar-refractivity contribution is 6.36. The Labute approximate surface area is 208 Å². The molecule has 0 saturated carbocycles. The molecule has 2 aliphatic rings. The Kier molecular flexibility index (Phi) is 6.70. The summed E-state index contributed by atoms with van der Waals surface area (Å²) >= 11 is 6.24. The summed E-state index contributed by atoms with van der Waals surface area (Å²) in [6.07, 6.45) is 4.28. The highest BCUT2D eigenvalue weighted by Gasteiger charge is 2.28. The first kappa shape index (κ1) is 23.3. The van der Waals surface area contributed by atoms with Crippen LogP contribution in [0.5, 0.6) is 0 Å². The Morgan fingerprint density at radius 3 is 2.74 bits per heavy atom. The zero-order chi connectivity index (χ0) is 24.4. The maximum atomic E-state index is 13.9. The second kappa shape index (κ2) is 10.1.